The Bertz CT molecular complexity index is 251. The number of amides is 1. The largest absolute Gasteiger partial charge is 0.336 e. The van der Waals surface area contributed by atoms with Gasteiger partial charge in [-0.1, -0.05) is 11.6 Å². The van der Waals surface area contributed by atoms with Crippen LogP contribution in [0.1, 0.15) is 0 Å². The average Bonchev–Trinajstić information content (AvgIpc) is 2.09. The summed E-state index contributed by atoms with van der Waals surface area (Å²) in [7, 11) is 1.61. The van der Waals surface area contributed by atoms with Crippen molar-refractivity contribution in [1.82, 2.24) is 4.90 Å². The minimum atomic E-state index is -0.285. The molecular weight excluding hydrogens is 152 g/mol. The highest BCUT2D eigenvalue weighted by atomic mass is 35.5. The Morgan fingerprint density at radius 2 is 2.40 bits per heavy atom. The summed E-state index contributed by atoms with van der Waals surface area (Å²) in [5, 5.41) is 8.73. The molecule has 0 saturated carbocycles. The van der Waals surface area contributed by atoms with Crippen LogP contribution >= 0.6 is 11.6 Å². The zero-order chi connectivity index (χ0) is 7.72. The Labute approximate surface area is 63.5 Å². The van der Waals surface area contributed by atoms with Crippen LogP contribution in [0.2, 0.25) is 0 Å². The molecule has 0 bridgehead atoms. The highest BCUT2D eigenvalue weighted by Gasteiger charge is 2.25. The van der Waals surface area contributed by atoms with Crippen LogP contribution in [0.15, 0.2) is 10.6 Å². The van der Waals surface area contributed by atoms with Crippen molar-refractivity contribution in [1.29, 1.82) is 5.26 Å². The minimum Gasteiger partial charge on any atom is -0.336 e. The number of nitrogens with zero attached hydrogens (tertiary/aromatic N) is 2. The molecule has 0 fully saturated rings. The molecule has 0 aromatic heterocycles. The number of carbonyl (C=O) groups is 1. The molecule has 1 aliphatic heterocycles. The van der Waals surface area contributed by atoms with E-state index in [9.17, 15) is 4.79 Å². The van der Waals surface area contributed by atoms with Gasteiger partial charge in [0.15, 0.2) is 0 Å². The fourth-order valence-corrected chi connectivity index (χ4v) is 1.08. The van der Waals surface area contributed by atoms with Gasteiger partial charge in [-0.15, -0.1) is 0 Å². The maximum absolute atomic E-state index is 10.9. The zero-order valence-electron chi connectivity index (χ0n) is 5.39. The number of hydrogen-bond acceptors (Lipinski definition) is 2. The molecule has 4 heteroatoms. The molecule has 1 rings (SSSR count). The van der Waals surface area contributed by atoms with Gasteiger partial charge in [-0.2, -0.15) is 5.26 Å². The average molecular weight is 157 g/mol. The zero-order valence-corrected chi connectivity index (χ0v) is 6.14. The molecule has 0 atom stereocenters. The number of halogens is 1. The fourth-order valence-electron chi connectivity index (χ4n) is 0.774. The van der Waals surface area contributed by atoms with Crippen LogP contribution < -0.4 is 0 Å². The standard InChI is InChI=1S/C6H5ClN2O/c1-9-3-5(7)4(2-8)6(9)10/h3H2,1H3. The van der Waals surface area contributed by atoms with Crippen LogP contribution in [0.25, 0.3) is 0 Å². The van der Waals surface area contributed by atoms with Gasteiger partial charge in [0.05, 0.1) is 11.6 Å². The summed E-state index contributed by atoms with van der Waals surface area (Å²) in [4.78, 5) is 12.3. The molecule has 0 N–H and O–H groups in total. The van der Waals surface area contributed by atoms with Gasteiger partial charge < -0.3 is 4.90 Å². The summed E-state index contributed by atoms with van der Waals surface area (Å²) in [6.45, 7) is 0.364. The lowest BCUT2D eigenvalue weighted by Crippen LogP contribution is -2.21. The predicted octanol–water partition coefficient (Wildman–Crippen LogP) is 0.475. The van der Waals surface area contributed by atoms with Gasteiger partial charge >= 0.3 is 0 Å². The van der Waals surface area contributed by atoms with E-state index in [1.807, 2.05) is 0 Å². The van der Waals surface area contributed by atoms with E-state index in [1.165, 1.54) is 4.90 Å². The Balaban J connectivity index is 2.99. The van der Waals surface area contributed by atoms with Crippen molar-refractivity contribution in [2.45, 2.75) is 0 Å². The molecule has 0 aromatic carbocycles. The summed E-state index contributed by atoms with van der Waals surface area (Å²) in [6, 6.07) is 1.75. The highest BCUT2D eigenvalue weighted by molar-refractivity contribution is 6.34. The van der Waals surface area contributed by atoms with Gasteiger partial charge in [-0.3, -0.25) is 4.79 Å². The van der Waals surface area contributed by atoms with Crippen molar-refractivity contribution < 1.29 is 4.79 Å². The molecule has 1 heterocycles. The molecular formula is C6H5ClN2O. The number of hydrogen-bond donors (Lipinski definition) is 0. The van der Waals surface area contributed by atoms with E-state index in [1.54, 1.807) is 13.1 Å². The lowest BCUT2D eigenvalue weighted by atomic mass is 10.3. The molecule has 52 valence electrons. The molecule has 0 unspecified atom stereocenters. The summed E-state index contributed by atoms with van der Waals surface area (Å²) < 4.78 is 0. The third-order valence-electron chi connectivity index (χ3n) is 1.32. The Kier molecular flexibility index (Phi) is 1.64. The van der Waals surface area contributed by atoms with Crippen molar-refractivity contribution in [2.24, 2.45) is 0 Å². The van der Waals surface area contributed by atoms with Crippen molar-refractivity contribution in [3.8, 4) is 6.07 Å². The molecule has 0 aromatic rings. The van der Waals surface area contributed by atoms with Gasteiger partial charge in [0.2, 0.25) is 0 Å². The topological polar surface area (TPSA) is 44.1 Å². The van der Waals surface area contributed by atoms with Crippen LogP contribution in [0.3, 0.4) is 0 Å². The minimum absolute atomic E-state index is 0.0733. The molecule has 0 saturated heterocycles. The van der Waals surface area contributed by atoms with E-state index in [-0.39, 0.29) is 11.5 Å². The quantitative estimate of drug-likeness (QED) is 0.512. The van der Waals surface area contributed by atoms with Crippen LogP contribution in [0, 0.1) is 11.3 Å². The normalized spacial score (nSPS) is 18.1. The van der Waals surface area contributed by atoms with E-state index in [2.05, 4.69) is 0 Å². The molecule has 0 aliphatic carbocycles. The SMILES string of the molecule is CN1CC(Cl)=C(C#N)C1=O. The first-order chi connectivity index (χ1) is 4.66. The van der Waals surface area contributed by atoms with Crippen LogP contribution in [0.4, 0.5) is 0 Å². The summed E-state index contributed by atoms with van der Waals surface area (Å²) in [5.74, 6) is -0.285. The molecule has 10 heavy (non-hydrogen) atoms. The van der Waals surface area contributed by atoms with Gasteiger partial charge in [-0.25, -0.2) is 0 Å². The third kappa shape index (κ3) is 0.869. The Morgan fingerprint density at radius 3 is 2.60 bits per heavy atom. The van der Waals surface area contributed by atoms with Crippen molar-refractivity contribution in [3.63, 3.8) is 0 Å². The van der Waals surface area contributed by atoms with Crippen LogP contribution in [-0.2, 0) is 4.79 Å². The van der Waals surface area contributed by atoms with Crippen molar-refractivity contribution in [2.75, 3.05) is 13.6 Å². The molecule has 1 amide bonds. The van der Waals surface area contributed by atoms with Gasteiger partial charge in [-0.05, 0) is 0 Å². The summed E-state index contributed by atoms with van der Waals surface area (Å²) in [6.07, 6.45) is 0. The van der Waals surface area contributed by atoms with Crippen molar-refractivity contribution >= 4 is 17.5 Å². The number of likely N-dealkylation sites (N-methyl/N-ethyl adjacent to an activating group) is 1. The first-order valence-electron chi connectivity index (χ1n) is 2.71. The maximum Gasteiger partial charge on any atom is 0.265 e. The summed E-state index contributed by atoms with van der Waals surface area (Å²) in [5.41, 5.74) is 0.0733. The van der Waals surface area contributed by atoms with Crippen LogP contribution in [0.5, 0.6) is 0 Å². The Hall–Kier alpha value is -1.01. The predicted molar refractivity (Wildman–Crippen MR) is 36.1 cm³/mol. The van der Waals surface area contributed by atoms with Gasteiger partial charge in [0, 0.05) is 7.05 Å². The molecule has 3 nitrogen and oxygen atoms in total. The Morgan fingerprint density at radius 1 is 1.80 bits per heavy atom. The van der Waals surface area contributed by atoms with Crippen LogP contribution in [-0.4, -0.2) is 24.4 Å². The second-order valence-corrected chi connectivity index (χ2v) is 2.51. The second kappa shape index (κ2) is 2.31. The molecule has 0 spiro atoms. The third-order valence-corrected chi connectivity index (χ3v) is 1.63. The highest BCUT2D eigenvalue weighted by Crippen LogP contribution is 2.19. The van der Waals surface area contributed by atoms with E-state index in [0.717, 1.165) is 0 Å². The monoisotopic (exact) mass is 156 g/mol. The molecule has 1 aliphatic rings. The van der Waals surface area contributed by atoms with E-state index < -0.39 is 0 Å². The first-order valence-corrected chi connectivity index (χ1v) is 3.09. The van der Waals surface area contributed by atoms with E-state index in [4.69, 9.17) is 16.9 Å². The fraction of sp³-hybridized carbons (Fsp3) is 0.333. The summed E-state index contributed by atoms with van der Waals surface area (Å²) >= 11 is 5.56. The second-order valence-electron chi connectivity index (χ2n) is 2.05. The number of rotatable bonds is 0. The van der Waals surface area contributed by atoms with Gasteiger partial charge in [0.25, 0.3) is 5.91 Å². The lowest BCUT2D eigenvalue weighted by molar-refractivity contribution is -0.123. The smallest absolute Gasteiger partial charge is 0.265 e. The number of carbonyl (C=O) groups excluding carboxylic acids is 1. The molecule has 0 radical (unpaired) electrons. The number of nitriles is 1. The van der Waals surface area contributed by atoms with Crippen molar-refractivity contribution in [3.05, 3.63) is 10.6 Å². The lowest BCUT2D eigenvalue weighted by Gasteiger charge is -2.04. The first kappa shape index (κ1) is 7.10. The van der Waals surface area contributed by atoms with E-state index >= 15 is 0 Å². The van der Waals surface area contributed by atoms with Gasteiger partial charge in [0.1, 0.15) is 11.6 Å². The van der Waals surface area contributed by atoms with E-state index in [0.29, 0.717) is 11.6 Å². The maximum atomic E-state index is 10.9.